The van der Waals surface area contributed by atoms with Crippen LogP contribution in [-0.4, -0.2) is 46.1 Å². The SMILES string of the molecule is CC(=O)N[C@@H](CSCC(=O)OC(C)(C)C)C(=O)O. The molecule has 0 aromatic rings. The van der Waals surface area contributed by atoms with Crippen LogP contribution in [0.2, 0.25) is 0 Å². The Labute approximate surface area is 110 Å². The van der Waals surface area contributed by atoms with E-state index in [2.05, 4.69) is 5.32 Å². The van der Waals surface area contributed by atoms with Crippen LogP contribution >= 0.6 is 11.8 Å². The predicted molar refractivity (Wildman–Crippen MR) is 68.4 cm³/mol. The molecule has 0 fully saturated rings. The molecule has 0 spiro atoms. The summed E-state index contributed by atoms with van der Waals surface area (Å²) in [4.78, 5) is 32.9. The number of ether oxygens (including phenoxy) is 1. The van der Waals surface area contributed by atoms with Gasteiger partial charge in [-0.2, -0.15) is 0 Å². The van der Waals surface area contributed by atoms with E-state index in [-0.39, 0.29) is 11.5 Å². The van der Waals surface area contributed by atoms with E-state index in [4.69, 9.17) is 9.84 Å². The number of rotatable bonds is 6. The second kappa shape index (κ2) is 7.25. The molecule has 0 aliphatic carbocycles. The first-order valence-corrected chi connectivity index (χ1v) is 6.57. The zero-order valence-electron chi connectivity index (χ0n) is 11.0. The molecule has 0 unspecified atom stereocenters. The molecule has 0 rings (SSSR count). The summed E-state index contributed by atoms with van der Waals surface area (Å²) < 4.78 is 5.07. The van der Waals surface area contributed by atoms with E-state index < -0.39 is 29.5 Å². The van der Waals surface area contributed by atoms with Gasteiger partial charge < -0.3 is 15.2 Å². The minimum absolute atomic E-state index is 0.0562. The number of aliphatic carboxylic acids is 1. The maximum Gasteiger partial charge on any atom is 0.327 e. The van der Waals surface area contributed by atoms with E-state index in [0.717, 1.165) is 11.8 Å². The molecule has 0 aromatic heterocycles. The molecule has 0 heterocycles. The molecule has 0 saturated carbocycles. The van der Waals surface area contributed by atoms with Gasteiger partial charge >= 0.3 is 11.9 Å². The van der Waals surface area contributed by atoms with Crippen molar-refractivity contribution in [1.82, 2.24) is 5.32 Å². The Kier molecular flexibility index (Phi) is 6.75. The summed E-state index contributed by atoms with van der Waals surface area (Å²) in [7, 11) is 0. The van der Waals surface area contributed by atoms with Gasteiger partial charge in [-0.3, -0.25) is 9.59 Å². The number of amides is 1. The Hall–Kier alpha value is -1.24. The number of carboxylic acids is 1. The van der Waals surface area contributed by atoms with E-state index in [0.29, 0.717) is 0 Å². The van der Waals surface area contributed by atoms with Crippen molar-refractivity contribution in [3.63, 3.8) is 0 Å². The van der Waals surface area contributed by atoms with Gasteiger partial charge in [0, 0.05) is 12.7 Å². The van der Waals surface area contributed by atoms with E-state index in [1.165, 1.54) is 6.92 Å². The Balaban J connectivity index is 4.03. The van der Waals surface area contributed by atoms with Crippen molar-refractivity contribution in [2.24, 2.45) is 0 Å². The van der Waals surface area contributed by atoms with Crippen LogP contribution in [0, 0.1) is 0 Å². The molecule has 104 valence electrons. The third-order valence-corrected chi connectivity index (χ3v) is 2.61. The largest absolute Gasteiger partial charge is 0.480 e. The van der Waals surface area contributed by atoms with Gasteiger partial charge in [0.1, 0.15) is 11.6 Å². The van der Waals surface area contributed by atoms with E-state index in [9.17, 15) is 14.4 Å². The van der Waals surface area contributed by atoms with Gasteiger partial charge in [-0.25, -0.2) is 4.79 Å². The van der Waals surface area contributed by atoms with Gasteiger partial charge in [0.05, 0.1) is 5.75 Å². The van der Waals surface area contributed by atoms with Crippen LogP contribution in [0.15, 0.2) is 0 Å². The zero-order valence-corrected chi connectivity index (χ0v) is 11.8. The molecule has 1 amide bonds. The van der Waals surface area contributed by atoms with Crippen molar-refractivity contribution in [2.75, 3.05) is 11.5 Å². The summed E-state index contributed by atoms with van der Waals surface area (Å²) in [5.74, 6) is -1.77. The van der Waals surface area contributed by atoms with Crippen LogP contribution in [0.25, 0.3) is 0 Å². The highest BCUT2D eigenvalue weighted by Crippen LogP contribution is 2.10. The van der Waals surface area contributed by atoms with Gasteiger partial charge in [-0.1, -0.05) is 0 Å². The lowest BCUT2D eigenvalue weighted by molar-refractivity contribution is -0.151. The molecule has 0 aliphatic rings. The molecule has 0 aliphatic heterocycles. The first-order valence-electron chi connectivity index (χ1n) is 5.41. The molecular weight excluding hydrogens is 258 g/mol. The lowest BCUT2D eigenvalue weighted by Gasteiger charge is -2.19. The molecule has 18 heavy (non-hydrogen) atoms. The second-order valence-electron chi connectivity index (χ2n) is 4.69. The van der Waals surface area contributed by atoms with Crippen LogP contribution in [0.4, 0.5) is 0 Å². The summed E-state index contributed by atoms with van der Waals surface area (Å²) in [5, 5.41) is 11.1. The smallest absolute Gasteiger partial charge is 0.327 e. The Morgan fingerprint density at radius 3 is 2.28 bits per heavy atom. The molecule has 0 radical (unpaired) electrons. The van der Waals surface area contributed by atoms with Crippen LogP contribution in [-0.2, 0) is 19.1 Å². The first kappa shape index (κ1) is 16.8. The van der Waals surface area contributed by atoms with Gasteiger partial charge in [0.2, 0.25) is 5.91 Å². The summed E-state index contributed by atoms with van der Waals surface area (Å²) >= 11 is 1.11. The number of hydrogen-bond acceptors (Lipinski definition) is 5. The van der Waals surface area contributed by atoms with Crippen molar-refractivity contribution < 1.29 is 24.2 Å². The van der Waals surface area contributed by atoms with Gasteiger partial charge in [-0.15, -0.1) is 11.8 Å². The van der Waals surface area contributed by atoms with Crippen molar-refractivity contribution in [3.05, 3.63) is 0 Å². The minimum atomic E-state index is -1.12. The molecule has 1 atom stereocenters. The zero-order chi connectivity index (χ0) is 14.3. The number of esters is 1. The number of thioether (sulfide) groups is 1. The molecule has 0 aromatic carbocycles. The van der Waals surface area contributed by atoms with Crippen molar-refractivity contribution >= 4 is 29.6 Å². The Bertz CT molecular complexity index is 324. The average molecular weight is 277 g/mol. The van der Waals surface area contributed by atoms with Crippen molar-refractivity contribution in [1.29, 1.82) is 0 Å². The van der Waals surface area contributed by atoms with Crippen molar-refractivity contribution in [3.8, 4) is 0 Å². The third-order valence-electron chi connectivity index (χ3n) is 1.60. The molecule has 2 N–H and O–H groups in total. The van der Waals surface area contributed by atoms with Gasteiger partial charge in [0.25, 0.3) is 0 Å². The number of nitrogens with one attached hydrogen (secondary N) is 1. The number of carbonyl (C=O) groups excluding carboxylic acids is 2. The summed E-state index contributed by atoms with van der Waals surface area (Å²) in [6, 6.07) is -0.991. The van der Waals surface area contributed by atoms with Crippen LogP contribution in [0.3, 0.4) is 0 Å². The molecule has 7 heteroatoms. The number of hydrogen-bond donors (Lipinski definition) is 2. The standard InChI is InChI=1S/C11H19NO5S/c1-7(13)12-8(10(15)16)5-18-6-9(14)17-11(2,3)4/h8H,5-6H2,1-4H3,(H,12,13)(H,15,16)/t8-/m0/s1. The quantitative estimate of drug-likeness (QED) is 0.692. The van der Waals surface area contributed by atoms with Gasteiger partial charge in [-0.05, 0) is 20.8 Å². The number of carbonyl (C=O) groups is 3. The number of carboxylic acid groups (broad SMARTS) is 1. The van der Waals surface area contributed by atoms with E-state index >= 15 is 0 Å². The maximum absolute atomic E-state index is 11.4. The summed E-state index contributed by atoms with van der Waals surface area (Å²) in [6.07, 6.45) is 0. The lowest BCUT2D eigenvalue weighted by atomic mass is 10.2. The maximum atomic E-state index is 11.4. The fourth-order valence-corrected chi connectivity index (χ4v) is 1.86. The predicted octanol–water partition coefficient (Wildman–Crippen LogP) is 0.651. The second-order valence-corrected chi connectivity index (χ2v) is 5.72. The molecule has 0 bridgehead atoms. The van der Waals surface area contributed by atoms with Crippen LogP contribution < -0.4 is 5.32 Å². The highest BCUT2D eigenvalue weighted by atomic mass is 32.2. The summed E-state index contributed by atoms with van der Waals surface area (Å²) in [6.45, 7) is 6.52. The summed E-state index contributed by atoms with van der Waals surface area (Å²) in [5.41, 5.74) is -0.554. The fraction of sp³-hybridized carbons (Fsp3) is 0.727. The van der Waals surface area contributed by atoms with Gasteiger partial charge in [0.15, 0.2) is 0 Å². The van der Waals surface area contributed by atoms with E-state index in [1.807, 2.05) is 0 Å². The molecular formula is C11H19NO5S. The van der Waals surface area contributed by atoms with Crippen molar-refractivity contribution in [2.45, 2.75) is 39.3 Å². The Morgan fingerprint density at radius 1 is 1.33 bits per heavy atom. The minimum Gasteiger partial charge on any atom is -0.480 e. The highest BCUT2D eigenvalue weighted by Gasteiger charge is 2.20. The van der Waals surface area contributed by atoms with Crippen LogP contribution in [0.1, 0.15) is 27.7 Å². The van der Waals surface area contributed by atoms with Crippen LogP contribution in [0.5, 0.6) is 0 Å². The van der Waals surface area contributed by atoms with E-state index in [1.54, 1.807) is 20.8 Å². The monoisotopic (exact) mass is 277 g/mol. The highest BCUT2D eigenvalue weighted by molar-refractivity contribution is 8.00. The average Bonchev–Trinajstić information content (AvgIpc) is 2.12. The Morgan fingerprint density at radius 2 is 1.89 bits per heavy atom. The lowest BCUT2D eigenvalue weighted by Crippen LogP contribution is -2.41. The molecule has 6 nitrogen and oxygen atoms in total. The normalized spacial score (nSPS) is 12.7. The molecule has 0 saturated heterocycles. The fourth-order valence-electron chi connectivity index (χ4n) is 1.05. The first-order chi connectivity index (χ1) is 8.11. The third kappa shape index (κ3) is 8.86. The topological polar surface area (TPSA) is 92.7 Å².